The summed E-state index contributed by atoms with van der Waals surface area (Å²) in [6.45, 7) is 2.57. The standard InChI is InChI=1S/C17H20N2O4/c20-16(19-8-6-17(7-9-19)21-10-11-22-17)15-12-14(18-23-15)13-4-2-1-3-5-13/h1-5,15H,6-12H2. The van der Waals surface area contributed by atoms with E-state index in [0.717, 1.165) is 24.1 Å². The van der Waals surface area contributed by atoms with Crippen molar-refractivity contribution in [3.05, 3.63) is 35.9 Å². The van der Waals surface area contributed by atoms with E-state index in [1.807, 2.05) is 35.2 Å². The Balaban J connectivity index is 1.34. The van der Waals surface area contributed by atoms with Gasteiger partial charge in [0.2, 0.25) is 6.10 Å². The molecule has 3 heterocycles. The van der Waals surface area contributed by atoms with Gasteiger partial charge in [-0.1, -0.05) is 35.5 Å². The Morgan fingerprint density at radius 3 is 2.52 bits per heavy atom. The van der Waals surface area contributed by atoms with Crippen molar-refractivity contribution in [3.8, 4) is 0 Å². The summed E-state index contributed by atoms with van der Waals surface area (Å²) in [5, 5.41) is 4.09. The maximum Gasteiger partial charge on any atom is 0.266 e. The first kappa shape index (κ1) is 14.7. The molecule has 1 aromatic carbocycles. The van der Waals surface area contributed by atoms with Crippen molar-refractivity contribution in [1.29, 1.82) is 0 Å². The number of ether oxygens (including phenoxy) is 2. The quantitative estimate of drug-likeness (QED) is 0.830. The maximum atomic E-state index is 12.6. The SMILES string of the molecule is O=C(C1CC(c2ccccc2)=NO1)N1CCC2(CC1)OCCO2. The van der Waals surface area contributed by atoms with Gasteiger partial charge in [0, 0.05) is 32.4 Å². The zero-order valence-electron chi connectivity index (χ0n) is 12.9. The van der Waals surface area contributed by atoms with Crippen LogP contribution in [-0.4, -0.2) is 54.7 Å². The Kier molecular flexibility index (Phi) is 3.79. The van der Waals surface area contributed by atoms with Gasteiger partial charge >= 0.3 is 0 Å². The number of hydrogen-bond donors (Lipinski definition) is 0. The van der Waals surface area contributed by atoms with Gasteiger partial charge < -0.3 is 19.2 Å². The first-order chi connectivity index (χ1) is 11.3. The molecule has 3 aliphatic rings. The minimum Gasteiger partial charge on any atom is -0.382 e. The smallest absolute Gasteiger partial charge is 0.266 e. The van der Waals surface area contributed by atoms with Gasteiger partial charge in [0.05, 0.1) is 18.9 Å². The molecule has 6 heteroatoms. The molecule has 1 unspecified atom stereocenters. The second-order valence-corrected chi connectivity index (χ2v) is 6.14. The molecule has 1 spiro atoms. The second kappa shape index (κ2) is 5.94. The molecule has 122 valence electrons. The summed E-state index contributed by atoms with van der Waals surface area (Å²) < 4.78 is 11.4. The number of benzene rings is 1. The zero-order chi connectivity index (χ0) is 15.7. The summed E-state index contributed by atoms with van der Waals surface area (Å²) in [7, 11) is 0. The summed E-state index contributed by atoms with van der Waals surface area (Å²) >= 11 is 0. The van der Waals surface area contributed by atoms with E-state index >= 15 is 0 Å². The van der Waals surface area contributed by atoms with Crippen LogP contribution >= 0.6 is 0 Å². The van der Waals surface area contributed by atoms with E-state index in [0.29, 0.717) is 32.7 Å². The van der Waals surface area contributed by atoms with Crippen LogP contribution in [0, 0.1) is 0 Å². The monoisotopic (exact) mass is 316 g/mol. The maximum absolute atomic E-state index is 12.6. The van der Waals surface area contributed by atoms with Gasteiger partial charge in [0.1, 0.15) is 0 Å². The lowest BCUT2D eigenvalue weighted by Crippen LogP contribution is -2.50. The largest absolute Gasteiger partial charge is 0.382 e. The van der Waals surface area contributed by atoms with Crippen LogP contribution in [0.15, 0.2) is 35.5 Å². The van der Waals surface area contributed by atoms with Crippen molar-refractivity contribution in [2.24, 2.45) is 5.16 Å². The average Bonchev–Trinajstić information content (AvgIpc) is 3.26. The average molecular weight is 316 g/mol. The van der Waals surface area contributed by atoms with Crippen LogP contribution in [0.1, 0.15) is 24.8 Å². The first-order valence-corrected chi connectivity index (χ1v) is 8.11. The Hall–Kier alpha value is -1.92. The topological polar surface area (TPSA) is 60.4 Å². The minimum absolute atomic E-state index is 0.00697. The lowest BCUT2D eigenvalue weighted by atomic mass is 10.0. The van der Waals surface area contributed by atoms with E-state index in [4.69, 9.17) is 14.3 Å². The highest BCUT2D eigenvalue weighted by molar-refractivity contribution is 6.04. The lowest BCUT2D eigenvalue weighted by molar-refractivity contribution is -0.189. The number of amides is 1. The molecule has 2 saturated heterocycles. The van der Waals surface area contributed by atoms with E-state index in [1.54, 1.807) is 0 Å². The van der Waals surface area contributed by atoms with Gasteiger partial charge in [-0.15, -0.1) is 0 Å². The Morgan fingerprint density at radius 1 is 1.13 bits per heavy atom. The van der Waals surface area contributed by atoms with E-state index in [1.165, 1.54) is 0 Å². The third-order valence-corrected chi connectivity index (χ3v) is 4.70. The predicted octanol–water partition coefficient (Wildman–Crippen LogP) is 1.55. The lowest BCUT2D eigenvalue weighted by Gasteiger charge is -2.38. The Labute approximate surface area is 135 Å². The third kappa shape index (κ3) is 2.84. The number of piperidine rings is 1. The number of carbonyl (C=O) groups is 1. The number of nitrogens with zero attached hydrogens (tertiary/aromatic N) is 2. The molecular formula is C17H20N2O4. The predicted molar refractivity (Wildman–Crippen MR) is 82.9 cm³/mol. The summed E-state index contributed by atoms with van der Waals surface area (Å²) in [6.07, 6.45) is 1.46. The van der Waals surface area contributed by atoms with Crippen molar-refractivity contribution >= 4 is 11.6 Å². The minimum atomic E-state index is -0.510. The Morgan fingerprint density at radius 2 is 1.83 bits per heavy atom. The Bertz CT molecular complexity index is 600. The molecule has 1 atom stereocenters. The molecule has 0 radical (unpaired) electrons. The summed E-state index contributed by atoms with van der Waals surface area (Å²) in [5.41, 5.74) is 1.84. The second-order valence-electron chi connectivity index (χ2n) is 6.14. The molecule has 0 aliphatic carbocycles. The molecule has 6 nitrogen and oxygen atoms in total. The van der Waals surface area contributed by atoms with Gasteiger partial charge in [0.25, 0.3) is 5.91 Å². The summed E-state index contributed by atoms with van der Waals surface area (Å²) in [5.74, 6) is -0.452. The fourth-order valence-corrected chi connectivity index (χ4v) is 3.37. The van der Waals surface area contributed by atoms with Crippen LogP contribution in [0.2, 0.25) is 0 Å². The number of rotatable bonds is 2. The number of carbonyl (C=O) groups excluding carboxylic acids is 1. The molecule has 0 saturated carbocycles. The fraction of sp³-hybridized carbons (Fsp3) is 0.529. The van der Waals surface area contributed by atoms with Crippen LogP contribution in [0.3, 0.4) is 0 Å². The van der Waals surface area contributed by atoms with Crippen molar-refractivity contribution in [1.82, 2.24) is 4.90 Å². The molecule has 2 fully saturated rings. The van der Waals surface area contributed by atoms with Crippen LogP contribution in [0.5, 0.6) is 0 Å². The molecule has 0 bridgehead atoms. The number of oxime groups is 1. The molecule has 0 N–H and O–H groups in total. The van der Waals surface area contributed by atoms with Gasteiger partial charge in [-0.2, -0.15) is 0 Å². The van der Waals surface area contributed by atoms with Gasteiger partial charge in [-0.05, 0) is 5.56 Å². The van der Waals surface area contributed by atoms with E-state index < -0.39 is 11.9 Å². The van der Waals surface area contributed by atoms with Crippen molar-refractivity contribution in [3.63, 3.8) is 0 Å². The highest BCUT2D eigenvalue weighted by atomic mass is 16.7. The molecule has 1 amide bonds. The highest BCUT2D eigenvalue weighted by Gasteiger charge is 2.42. The summed E-state index contributed by atoms with van der Waals surface area (Å²) in [6, 6.07) is 9.83. The molecule has 4 rings (SSSR count). The molecular weight excluding hydrogens is 296 g/mol. The molecule has 23 heavy (non-hydrogen) atoms. The van der Waals surface area contributed by atoms with E-state index in [9.17, 15) is 4.79 Å². The van der Waals surface area contributed by atoms with Crippen LogP contribution in [0.4, 0.5) is 0 Å². The van der Waals surface area contributed by atoms with Crippen molar-refractivity contribution in [2.45, 2.75) is 31.2 Å². The molecule has 3 aliphatic heterocycles. The van der Waals surface area contributed by atoms with Crippen LogP contribution in [-0.2, 0) is 19.1 Å². The van der Waals surface area contributed by atoms with Crippen molar-refractivity contribution < 1.29 is 19.1 Å². The van der Waals surface area contributed by atoms with Crippen molar-refractivity contribution in [2.75, 3.05) is 26.3 Å². The molecule has 0 aromatic heterocycles. The van der Waals surface area contributed by atoms with Crippen LogP contribution in [0.25, 0.3) is 0 Å². The number of likely N-dealkylation sites (tertiary alicyclic amines) is 1. The van der Waals surface area contributed by atoms with Gasteiger partial charge in [0.15, 0.2) is 5.79 Å². The first-order valence-electron chi connectivity index (χ1n) is 8.11. The fourth-order valence-electron chi connectivity index (χ4n) is 3.37. The van der Waals surface area contributed by atoms with E-state index in [2.05, 4.69) is 5.16 Å². The third-order valence-electron chi connectivity index (χ3n) is 4.70. The van der Waals surface area contributed by atoms with E-state index in [-0.39, 0.29) is 5.91 Å². The van der Waals surface area contributed by atoms with Crippen LogP contribution < -0.4 is 0 Å². The number of hydrogen-bond acceptors (Lipinski definition) is 5. The van der Waals surface area contributed by atoms with Gasteiger partial charge in [-0.3, -0.25) is 4.79 Å². The molecule has 1 aromatic rings. The zero-order valence-corrected chi connectivity index (χ0v) is 12.9. The van der Waals surface area contributed by atoms with Gasteiger partial charge in [-0.25, -0.2) is 0 Å². The highest BCUT2D eigenvalue weighted by Crippen LogP contribution is 2.32. The summed E-state index contributed by atoms with van der Waals surface area (Å²) in [4.78, 5) is 19.9. The normalized spacial score (nSPS) is 26.2.